The first-order chi connectivity index (χ1) is 16.7. The molecule has 1 unspecified atom stereocenters. The molecule has 7 nitrogen and oxygen atoms in total. The molecule has 2 aliphatic heterocycles. The van der Waals surface area contributed by atoms with E-state index in [9.17, 15) is 23.1 Å². The van der Waals surface area contributed by atoms with Crippen LogP contribution in [0.3, 0.4) is 0 Å². The summed E-state index contributed by atoms with van der Waals surface area (Å²) in [5, 5.41) is 12.3. The van der Waals surface area contributed by atoms with Crippen molar-refractivity contribution >= 4 is 17.5 Å². The number of alkyl halides is 3. The highest BCUT2D eigenvalue weighted by Gasteiger charge is 2.36. The smallest absolute Gasteiger partial charge is 0.389 e. The highest BCUT2D eigenvalue weighted by atomic mass is 19.4. The van der Waals surface area contributed by atoms with E-state index >= 15 is 0 Å². The van der Waals surface area contributed by atoms with E-state index in [1.807, 2.05) is 31.2 Å². The molecule has 2 aliphatic rings. The minimum atomic E-state index is -4.22. The molecule has 2 aromatic rings. The molecule has 10 heteroatoms. The summed E-state index contributed by atoms with van der Waals surface area (Å²) in [7, 11) is 0. The van der Waals surface area contributed by atoms with Gasteiger partial charge in [-0.1, -0.05) is 6.07 Å². The average molecular weight is 493 g/mol. The molecular weight excluding hydrogens is 461 g/mol. The summed E-state index contributed by atoms with van der Waals surface area (Å²) in [6.45, 7) is 5.09. The molecule has 2 saturated heterocycles. The summed E-state index contributed by atoms with van der Waals surface area (Å²) in [6, 6.07) is 9.12. The van der Waals surface area contributed by atoms with Crippen LogP contribution < -0.4 is 10.2 Å². The van der Waals surface area contributed by atoms with Crippen LogP contribution in [-0.4, -0.2) is 73.2 Å². The van der Waals surface area contributed by atoms with E-state index in [1.54, 1.807) is 6.07 Å². The predicted octanol–water partition coefficient (Wildman–Crippen LogP) is 4.23. The fourth-order valence-electron chi connectivity index (χ4n) is 4.65. The molecule has 1 aromatic heterocycles. The first-order valence-corrected chi connectivity index (χ1v) is 11.9. The second kappa shape index (κ2) is 10.8. The van der Waals surface area contributed by atoms with Gasteiger partial charge in [-0.3, -0.25) is 0 Å². The van der Waals surface area contributed by atoms with Crippen LogP contribution in [0.5, 0.6) is 0 Å². The fraction of sp³-hybridized carbons (Fsp3) is 0.520. The molecule has 190 valence electrons. The van der Waals surface area contributed by atoms with Gasteiger partial charge in [0.05, 0.1) is 13.2 Å². The molecule has 1 atom stereocenters. The topological polar surface area (TPSA) is 77.9 Å². The number of morpholine rings is 1. The van der Waals surface area contributed by atoms with Gasteiger partial charge in [-0.2, -0.15) is 13.2 Å². The van der Waals surface area contributed by atoms with E-state index in [1.165, 1.54) is 4.90 Å². The van der Waals surface area contributed by atoms with Gasteiger partial charge in [-0.05, 0) is 60.2 Å². The number of hydrogen-bond acceptors (Lipinski definition) is 5. The number of nitrogens with zero attached hydrogens (tertiary/aromatic N) is 3. The molecule has 2 amide bonds. The van der Waals surface area contributed by atoms with Crippen LogP contribution in [0.4, 0.5) is 29.5 Å². The number of likely N-dealkylation sites (tertiary alicyclic amines) is 1. The van der Waals surface area contributed by atoms with Crippen LogP contribution in [0.2, 0.25) is 0 Å². The minimum Gasteiger partial charge on any atom is -0.396 e. The molecule has 0 bridgehead atoms. The number of aryl methyl sites for hydroxylation is 1. The molecule has 0 radical (unpaired) electrons. The first kappa shape index (κ1) is 25.2. The maximum Gasteiger partial charge on any atom is 0.389 e. The van der Waals surface area contributed by atoms with Gasteiger partial charge in [0.25, 0.3) is 0 Å². The van der Waals surface area contributed by atoms with E-state index in [-0.39, 0.29) is 13.2 Å². The summed E-state index contributed by atoms with van der Waals surface area (Å²) >= 11 is 0. The number of ether oxygens (including phenoxy) is 1. The van der Waals surface area contributed by atoms with Gasteiger partial charge in [-0.15, -0.1) is 0 Å². The number of anilines is 2. The Kier molecular flexibility index (Phi) is 7.81. The fourth-order valence-corrected chi connectivity index (χ4v) is 4.65. The Hall–Kier alpha value is -2.85. The molecule has 0 spiro atoms. The zero-order chi connectivity index (χ0) is 25.0. The van der Waals surface area contributed by atoms with E-state index < -0.39 is 24.5 Å². The molecule has 1 aromatic carbocycles. The van der Waals surface area contributed by atoms with E-state index in [4.69, 9.17) is 9.72 Å². The third-order valence-corrected chi connectivity index (χ3v) is 6.46. The number of benzene rings is 1. The summed E-state index contributed by atoms with van der Waals surface area (Å²) in [4.78, 5) is 21.0. The Morgan fingerprint density at radius 1 is 1.20 bits per heavy atom. The number of nitrogens with one attached hydrogen (secondary N) is 1. The van der Waals surface area contributed by atoms with Crippen molar-refractivity contribution in [2.75, 3.05) is 56.2 Å². The SMILES string of the molecule is Cc1ccc(NC(=O)N2CCC(CC(F)(F)F)C2)cc1-c1cc(CCO)nc(N2CCOCC2)c1. The van der Waals surface area contributed by atoms with Gasteiger partial charge in [0.15, 0.2) is 0 Å². The van der Waals surface area contributed by atoms with Crippen molar-refractivity contribution in [3.8, 4) is 11.1 Å². The average Bonchev–Trinajstić information content (AvgIpc) is 3.28. The van der Waals surface area contributed by atoms with Crippen molar-refractivity contribution in [2.45, 2.75) is 32.4 Å². The second-order valence-electron chi connectivity index (χ2n) is 9.16. The lowest BCUT2D eigenvalue weighted by atomic mass is 9.99. The molecule has 2 fully saturated rings. The van der Waals surface area contributed by atoms with Crippen molar-refractivity contribution in [3.63, 3.8) is 0 Å². The van der Waals surface area contributed by atoms with Crippen LogP contribution in [0.15, 0.2) is 30.3 Å². The van der Waals surface area contributed by atoms with Crippen molar-refractivity contribution in [1.29, 1.82) is 0 Å². The number of halogens is 3. The van der Waals surface area contributed by atoms with E-state index in [2.05, 4.69) is 10.2 Å². The Labute approximate surface area is 202 Å². The largest absolute Gasteiger partial charge is 0.396 e. The molecule has 35 heavy (non-hydrogen) atoms. The lowest BCUT2D eigenvalue weighted by Crippen LogP contribution is -2.36. The summed E-state index contributed by atoms with van der Waals surface area (Å²) in [6.07, 6.45) is -4.31. The third-order valence-electron chi connectivity index (χ3n) is 6.46. The van der Waals surface area contributed by atoms with Crippen molar-refractivity contribution in [1.82, 2.24) is 9.88 Å². The quantitative estimate of drug-likeness (QED) is 0.631. The molecule has 4 rings (SSSR count). The number of carbonyl (C=O) groups excluding carboxylic acids is 1. The Morgan fingerprint density at radius 2 is 1.97 bits per heavy atom. The Bertz CT molecular complexity index is 1040. The van der Waals surface area contributed by atoms with E-state index in [0.29, 0.717) is 38.3 Å². The molecule has 3 heterocycles. The normalized spacial score (nSPS) is 18.7. The van der Waals surface area contributed by atoms with Gasteiger partial charge in [0.1, 0.15) is 5.82 Å². The highest BCUT2D eigenvalue weighted by Crippen LogP contribution is 2.32. The Balaban J connectivity index is 1.53. The number of urea groups is 1. The van der Waals surface area contributed by atoms with Crippen LogP contribution >= 0.6 is 0 Å². The van der Waals surface area contributed by atoms with Crippen LogP contribution in [0, 0.1) is 12.8 Å². The van der Waals surface area contributed by atoms with Gasteiger partial charge < -0.3 is 25.0 Å². The summed E-state index contributed by atoms with van der Waals surface area (Å²) in [5.41, 5.74) is 4.18. The number of rotatable bonds is 6. The van der Waals surface area contributed by atoms with E-state index in [0.717, 1.165) is 41.3 Å². The van der Waals surface area contributed by atoms with Gasteiger partial charge in [-0.25, -0.2) is 9.78 Å². The number of amides is 2. The lowest BCUT2D eigenvalue weighted by Gasteiger charge is -2.28. The second-order valence-corrected chi connectivity index (χ2v) is 9.16. The first-order valence-electron chi connectivity index (χ1n) is 11.9. The number of aliphatic hydroxyl groups is 1. The van der Waals surface area contributed by atoms with Gasteiger partial charge >= 0.3 is 12.2 Å². The number of hydrogen-bond donors (Lipinski definition) is 2. The predicted molar refractivity (Wildman–Crippen MR) is 128 cm³/mol. The maximum atomic E-state index is 12.7. The van der Waals surface area contributed by atoms with Crippen molar-refractivity contribution in [3.05, 3.63) is 41.6 Å². The summed E-state index contributed by atoms with van der Waals surface area (Å²) < 4.78 is 43.6. The van der Waals surface area contributed by atoms with Gasteiger partial charge in [0, 0.05) is 57.0 Å². The summed E-state index contributed by atoms with van der Waals surface area (Å²) in [5.74, 6) is 0.255. The number of carbonyl (C=O) groups is 1. The molecule has 0 aliphatic carbocycles. The minimum absolute atomic E-state index is 0.0146. The van der Waals surface area contributed by atoms with Crippen LogP contribution in [-0.2, 0) is 11.2 Å². The molecule has 0 saturated carbocycles. The zero-order valence-corrected chi connectivity index (χ0v) is 19.8. The van der Waals surface area contributed by atoms with Crippen LogP contribution in [0.25, 0.3) is 11.1 Å². The number of aliphatic hydroxyl groups excluding tert-OH is 1. The third kappa shape index (κ3) is 6.64. The standard InChI is InChI=1S/C25H31F3N4O3/c1-17-2-3-20(30-24(34)32-6-4-18(16-32)15-25(26,27)28)14-22(17)19-12-21(5-9-33)29-23(13-19)31-7-10-35-11-8-31/h2-3,12-14,18,33H,4-11,15-16H2,1H3,(H,30,34). The van der Waals surface area contributed by atoms with Gasteiger partial charge in [0.2, 0.25) is 0 Å². The van der Waals surface area contributed by atoms with Crippen molar-refractivity contribution < 1.29 is 27.8 Å². The zero-order valence-electron chi connectivity index (χ0n) is 19.8. The van der Waals surface area contributed by atoms with Crippen LogP contribution in [0.1, 0.15) is 24.1 Å². The molecule has 2 N–H and O–H groups in total. The maximum absolute atomic E-state index is 12.7. The lowest BCUT2D eigenvalue weighted by molar-refractivity contribution is -0.143. The Morgan fingerprint density at radius 3 is 2.69 bits per heavy atom. The monoisotopic (exact) mass is 492 g/mol. The molecular formula is C25H31F3N4O3. The van der Waals surface area contributed by atoms with Crippen molar-refractivity contribution in [2.24, 2.45) is 5.92 Å². The number of aromatic nitrogens is 1. The number of pyridine rings is 1. The highest BCUT2D eigenvalue weighted by molar-refractivity contribution is 5.90.